The van der Waals surface area contributed by atoms with Crippen molar-refractivity contribution in [3.8, 4) is 5.06 Å². The van der Waals surface area contributed by atoms with Crippen LogP contribution in [0, 0.1) is 0 Å². The third kappa shape index (κ3) is 1.35. The number of carbonyl (C=O) groups is 1. The Kier molecular flexibility index (Phi) is 1.86. The molecule has 2 aromatic heterocycles. The summed E-state index contributed by atoms with van der Waals surface area (Å²) in [5.41, 5.74) is 0. The Labute approximate surface area is 77.4 Å². The van der Waals surface area contributed by atoms with Crippen LogP contribution in [0.1, 0.15) is 6.92 Å². The molecule has 0 unspecified atom stereocenters. The van der Waals surface area contributed by atoms with Crippen molar-refractivity contribution in [2.75, 3.05) is 0 Å². The number of rotatable bonds is 1. The predicted octanol–water partition coefficient (Wildman–Crippen LogP) is 2.89. The minimum atomic E-state index is -0.262. The van der Waals surface area contributed by atoms with Crippen LogP contribution < -0.4 is 4.74 Å². The van der Waals surface area contributed by atoms with Gasteiger partial charge in [-0.1, -0.05) is 11.3 Å². The molecule has 0 bridgehead atoms. The van der Waals surface area contributed by atoms with E-state index in [-0.39, 0.29) is 5.97 Å². The molecule has 0 fully saturated rings. The molecule has 0 aromatic carbocycles. The van der Waals surface area contributed by atoms with E-state index in [2.05, 4.69) is 0 Å². The molecule has 0 radical (unpaired) electrons. The highest BCUT2D eigenvalue weighted by molar-refractivity contribution is 7.24. The van der Waals surface area contributed by atoms with Gasteiger partial charge in [-0.05, 0) is 5.38 Å². The van der Waals surface area contributed by atoms with Crippen molar-refractivity contribution in [1.29, 1.82) is 0 Å². The highest BCUT2D eigenvalue weighted by Crippen LogP contribution is 2.33. The van der Waals surface area contributed by atoms with Crippen LogP contribution in [0.25, 0.3) is 10.1 Å². The van der Waals surface area contributed by atoms with Crippen molar-refractivity contribution in [3.63, 3.8) is 0 Å². The van der Waals surface area contributed by atoms with Crippen LogP contribution in [0.15, 0.2) is 16.8 Å². The van der Waals surface area contributed by atoms with E-state index in [1.165, 1.54) is 23.0 Å². The maximum absolute atomic E-state index is 10.6. The first kappa shape index (κ1) is 7.76. The van der Waals surface area contributed by atoms with Gasteiger partial charge in [-0.25, -0.2) is 0 Å². The molecular weight excluding hydrogens is 192 g/mol. The predicted molar refractivity (Wildman–Crippen MR) is 51.0 cm³/mol. The topological polar surface area (TPSA) is 26.3 Å². The van der Waals surface area contributed by atoms with E-state index in [9.17, 15) is 4.79 Å². The van der Waals surface area contributed by atoms with E-state index in [0.29, 0.717) is 5.06 Å². The molecule has 0 saturated carbocycles. The number of hydrogen-bond acceptors (Lipinski definition) is 4. The lowest BCUT2D eigenvalue weighted by Gasteiger charge is -1.92. The molecule has 0 aliphatic heterocycles. The summed E-state index contributed by atoms with van der Waals surface area (Å²) in [7, 11) is 0. The molecule has 62 valence electrons. The van der Waals surface area contributed by atoms with Gasteiger partial charge in [-0.3, -0.25) is 4.79 Å². The molecule has 0 amide bonds. The summed E-state index contributed by atoms with van der Waals surface area (Å²) in [6, 6.07) is 1.89. The third-order valence-corrected chi connectivity index (χ3v) is 3.27. The van der Waals surface area contributed by atoms with Crippen LogP contribution >= 0.6 is 22.7 Å². The molecular formula is C8H6O2S2. The SMILES string of the molecule is CC(=O)Oc1cc2cscc2s1. The summed E-state index contributed by atoms with van der Waals surface area (Å²) in [4.78, 5) is 10.6. The molecule has 2 nitrogen and oxygen atoms in total. The lowest BCUT2D eigenvalue weighted by molar-refractivity contribution is -0.131. The van der Waals surface area contributed by atoms with E-state index in [0.717, 1.165) is 5.39 Å². The highest BCUT2D eigenvalue weighted by Gasteiger charge is 2.04. The minimum absolute atomic E-state index is 0.262. The Hall–Kier alpha value is -0.870. The molecule has 0 saturated heterocycles. The van der Waals surface area contributed by atoms with E-state index in [1.54, 1.807) is 11.3 Å². The third-order valence-electron chi connectivity index (χ3n) is 1.38. The fourth-order valence-corrected chi connectivity index (χ4v) is 2.84. The van der Waals surface area contributed by atoms with Crippen LogP contribution in [-0.2, 0) is 4.79 Å². The fraction of sp³-hybridized carbons (Fsp3) is 0.125. The van der Waals surface area contributed by atoms with Gasteiger partial charge < -0.3 is 4.74 Å². The molecule has 0 atom stereocenters. The Morgan fingerprint density at radius 3 is 3.00 bits per heavy atom. The number of hydrogen-bond donors (Lipinski definition) is 0. The fourth-order valence-electron chi connectivity index (χ4n) is 0.940. The second kappa shape index (κ2) is 2.88. The highest BCUT2D eigenvalue weighted by atomic mass is 32.1. The number of carbonyl (C=O) groups excluding carboxylic acids is 1. The molecule has 0 aliphatic carbocycles. The summed E-state index contributed by atoms with van der Waals surface area (Å²) < 4.78 is 6.12. The Morgan fingerprint density at radius 2 is 2.33 bits per heavy atom. The zero-order valence-electron chi connectivity index (χ0n) is 6.37. The maximum Gasteiger partial charge on any atom is 0.308 e. The quantitative estimate of drug-likeness (QED) is 0.658. The summed E-state index contributed by atoms with van der Waals surface area (Å²) in [6.07, 6.45) is 0. The minimum Gasteiger partial charge on any atom is -0.416 e. The van der Waals surface area contributed by atoms with Gasteiger partial charge in [0.1, 0.15) is 0 Å². The van der Waals surface area contributed by atoms with Crippen LogP contribution in [-0.4, -0.2) is 5.97 Å². The number of fused-ring (bicyclic) bond motifs is 1. The van der Waals surface area contributed by atoms with Gasteiger partial charge in [0.05, 0.1) is 0 Å². The summed E-state index contributed by atoms with van der Waals surface area (Å²) in [5, 5.41) is 5.92. The van der Waals surface area contributed by atoms with Crippen LogP contribution in [0.3, 0.4) is 0 Å². The van der Waals surface area contributed by atoms with Crippen molar-refractivity contribution in [2.24, 2.45) is 0 Å². The average molecular weight is 198 g/mol. The van der Waals surface area contributed by atoms with Crippen molar-refractivity contribution in [2.45, 2.75) is 6.92 Å². The Balaban J connectivity index is 2.38. The normalized spacial score (nSPS) is 10.4. The molecule has 0 N–H and O–H groups in total. The Morgan fingerprint density at radius 1 is 1.50 bits per heavy atom. The van der Waals surface area contributed by atoms with Crippen LogP contribution in [0.4, 0.5) is 0 Å². The van der Waals surface area contributed by atoms with Crippen LogP contribution in [0.2, 0.25) is 0 Å². The molecule has 2 heterocycles. The molecule has 2 rings (SSSR count). The number of esters is 1. The lowest BCUT2D eigenvalue weighted by atomic mass is 10.4. The number of ether oxygens (including phenoxy) is 1. The number of thiophene rings is 2. The zero-order chi connectivity index (χ0) is 8.55. The summed E-state index contributed by atoms with van der Waals surface area (Å²) >= 11 is 3.16. The smallest absolute Gasteiger partial charge is 0.308 e. The first-order valence-corrected chi connectivity index (χ1v) is 5.16. The first-order valence-electron chi connectivity index (χ1n) is 3.40. The maximum atomic E-state index is 10.6. The van der Waals surface area contributed by atoms with Crippen molar-refractivity contribution in [3.05, 3.63) is 16.8 Å². The van der Waals surface area contributed by atoms with Gasteiger partial charge in [-0.2, -0.15) is 11.3 Å². The summed E-state index contributed by atoms with van der Waals surface area (Å²) in [6.45, 7) is 1.41. The molecule has 4 heteroatoms. The van der Waals surface area contributed by atoms with Gasteiger partial charge in [0, 0.05) is 28.5 Å². The van der Waals surface area contributed by atoms with Crippen molar-refractivity contribution >= 4 is 38.7 Å². The monoisotopic (exact) mass is 198 g/mol. The summed E-state index contributed by atoms with van der Waals surface area (Å²) in [5.74, 6) is -0.262. The van der Waals surface area contributed by atoms with E-state index in [4.69, 9.17) is 4.74 Å². The van der Waals surface area contributed by atoms with Gasteiger partial charge in [0.2, 0.25) is 0 Å². The van der Waals surface area contributed by atoms with E-state index < -0.39 is 0 Å². The van der Waals surface area contributed by atoms with Crippen molar-refractivity contribution < 1.29 is 9.53 Å². The van der Waals surface area contributed by atoms with Gasteiger partial charge in [0.25, 0.3) is 0 Å². The van der Waals surface area contributed by atoms with Crippen LogP contribution in [0.5, 0.6) is 5.06 Å². The van der Waals surface area contributed by atoms with Gasteiger partial charge in [-0.15, -0.1) is 0 Å². The van der Waals surface area contributed by atoms with Crippen molar-refractivity contribution in [1.82, 2.24) is 0 Å². The second-order valence-corrected chi connectivity index (χ2v) is 4.14. The first-order chi connectivity index (χ1) is 5.75. The largest absolute Gasteiger partial charge is 0.416 e. The molecule has 2 aromatic rings. The Bertz CT molecular complexity index is 385. The van der Waals surface area contributed by atoms with E-state index >= 15 is 0 Å². The second-order valence-electron chi connectivity index (χ2n) is 2.35. The lowest BCUT2D eigenvalue weighted by Crippen LogP contribution is -1.98. The van der Waals surface area contributed by atoms with E-state index in [1.807, 2.05) is 16.8 Å². The molecule has 12 heavy (non-hydrogen) atoms. The van der Waals surface area contributed by atoms with Gasteiger partial charge >= 0.3 is 5.97 Å². The van der Waals surface area contributed by atoms with Gasteiger partial charge in [0.15, 0.2) is 5.06 Å². The standard InChI is InChI=1S/C8H6O2S2/c1-5(9)10-8-2-6-3-11-4-7(6)12-8/h2-4H,1H3. The molecule has 0 spiro atoms. The average Bonchev–Trinajstić information content (AvgIpc) is 2.43. The molecule has 0 aliphatic rings. The zero-order valence-corrected chi connectivity index (χ0v) is 8.00.